The molecule has 2 amide bonds. The summed E-state index contributed by atoms with van der Waals surface area (Å²) in [6, 6.07) is -1.30. The van der Waals surface area contributed by atoms with Crippen LogP contribution in [0.2, 0.25) is 0 Å². The summed E-state index contributed by atoms with van der Waals surface area (Å²) in [5.74, 6) is 0. The number of hydrogen-bond donors (Lipinski definition) is 4. The maximum atomic E-state index is 10.5. The van der Waals surface area contributed by atoms with E-state index in [1.807, 2.05) is 0 Å². The van der Waals surface area contributed by atoms with Gasteiger partial charge < -0.3 is 10.2 Å². The molecule has 7 heteroatoms. The van der Waals surface area contributed by atoms with Gasteiger partial charge in [-0.3, -0.25) is 10.4 Å². The molecule has 0 aliphatic heterocycles. The summed E-state index contributed by atoms with van der Waals surface area (Å²) in [4.78, 5) is 10.5. The van der Waals surface area contributed by atoms with Crippen LogP contribution in [0.3, 0.4) is 0 Å². The Morgan fingerprint density at radius 2 is 1.91 bits per heavy atom. The predicted octanol–water partition coefficient (Wildman–Crippen LogP) is -1.22. The molecule has 4 N–H and O–H groups in total. The van der Waals surface area contributed by atoms with Crippen molar-refractivity contribution in [2.75, 3.05) is 6.54 Å². The van der Waals surface area contributed by atoms with Crippen LogP contribution in [-0.2, 0) is 0 Å². The molecule has 0 aromatic rings. The molecule has 7 nitrogen and oxygen atoms in total. The number of hydrogen-bond acceptors (Lipinski definition) is 5. The average molecular weight is 166 g/mol. The summed E-state index contributed by atoms with van der Waals surface area (Å²) in [5.41, 5.74) is 0. The lowest BCUT2D eigenvalue weighted by molar-refractivity contribution is -0.260. The van der Waals surface area contributed by atoms with Gasteiger partial charge in [-0.25, -0.2) is 9.86 Å². The van der Waals surface area contributed by atoms with Crippen LogP contribution in [-0.4, -0.2) is 49.7 Å². The zero-order valence-corrected chi connectivity index (χ0v) is 5.88. The molecular formula is C4H10N2O5. The third-order valence-corrected chi connectivity index (χ3v) is 0.935. The molecule has 66 valence electrons. The molecule has 0 aromatic heterocycles. The summed E-state index contributed by atoms with van der Waals surface area (Å²) in [7, 11) is 0. The van der Waals surface area contributed by atoms with Crippen LogP contribution in [0.15, 0.2) is 0 Å². The molecule has 11 heavy (non-hydrogen) atoms. The number of nitrogens with zero attached hydrogens (tertiary/aromatic N) is 2. The van der Waals surface area contributed by atoms with E-state index in [2.05, 4.69) is 0 Å². The summed E-state index contributed by atoms with van der Waals surface area (Å²) in [6.07, 6.45) is -2.33. The van der Waals surface area contributed by atoms with Crippen molar-refractivity contribution >= 4 is 6.03 Å². The molecule has 0 bridgehead atoms. The van der Waals surface area contributed by atoms with E-state index in [0.717, 1.165) is 0 Å². The number of aliphatic hydroxyl groups is 2. The van der Waals surface area contributed by atoms with Crippen LogP contribution >= 0.6 is 0 Å². The lowest BCUT2D eigenvalue weighted by Crippen LogP contribution is -2.44. The van der Waals surface area contributed by atoms with Gasteiger partial charge in [0.15, 0.2) is 0 Å². The van der Waals surface area contributed by atoms with Crippen LogP contribution < -0.4 is 0 Å². The Balaban J connectivity index is 4.02. The lowest BCUT2D eigenvalue weighted by Gasteiger charge is -2.20. The second-order valence-corrected chi connectivity index (χ2v) is 1.69. The van der Waals surface area contributed by atoms with Crippen LogP contribution in [0, 0.1) is 0 Å². The van der Waals surface area contributed by atoms with Crippen molar-refractivity contribution in [3.05, 3.63) is 0 Å². The molecule has 0 unspecified atom stereocenters. The maximum Gasteiger partial charge on any atom is 0.371 e. The fourth-order valence-corrected chi connectivity index (χ4v) is 0.352. The standard InChI is InChI=1S/C4H10N2O5/c1-2-5(10)3(7)6(11)4(8)9/h4,8-11H,2H2,1H3. The fraction of sp³-hybridized carbons (Fsp3) is 0.750. The van der Waals surface area contributed by atoms with E-state index in [4.69, 9.17) is 20.6 Å². The van der Waals surface area contributed by atoms with Crippen LogP contribution in [0.1, 0.15) is 6.92 Å². The first-order valence-corrected chi connectivity index (χ1v) is 2.85. The first kappa shape index (κ1) is 10.1. The SMILES string of the molecule is CCN(O)C(=O)N(O)C(O)O. The van der Waals surface area contributed by atoms with Crippen LogP contribution in [0.4, 0.5) is 4.79 Å². The fourth-order valence-electron chi connectivity index (χ4n) is 0.352. The highest BCUT2D eigenvalue weighted by atomic mass is 16.6. The monoisotopic (exact) mass is 166 g/mol. The zero-order valence-electron chi connectivity index (χ0n) is 5.88. The van der Waals surface area contributed by atoms with Gasteiger partial charge in [0, 0.05) is 6.54 Å². The Kier molecular flexibility index (Phi) is 3.76. The second kappa shape index (κ2) is 4.09. The van der Waals surface area contributed by atoms with Gasteiger partial charge >= 0.3 is 6.03 Å². The van der Waals surface area contributed by atoms with Crippen LogP contribution in [0.25, 0.3) is 0 Å². The van der Waals surface area contributed by atoms with Crippen LogP contribution in [0.5, 0.6) is 0 Å². The molecule has 0 saturated carbocycles. The Bertz CT molecular complexity index is 138. The Hall–Kier alpha value is -0.890. The minimum Gasteiger partial charge on any atom is -0.350 e. The summed E-state index contributed by atoms with van der Waals surface area (Å²) >= 11 is 0. The van der Waals surface area contributed by atoms with E-state index < -0.39 is 17.5 Å². The Labute approximate surface area is 62.6 Å². The third kappa shape index (κ3) is 2.68. The lowest BCUT2D eigenvalue weighted by atomic mass is 10.7. The molecule has 0 aliphatic carbocycles. The van der Waals surface area contributed by atoms with E-state index in [1.165, 1.54) is 6.92 Å². The second-order valence-electron chi connectivity index (χ2n) is 1.69. The highest BCUT2D eigenvalue weighted by Crippen LogP contribution is 1.94. The van der Waals surface area contributed by atoms with Crippen molar-refractivity contribution in [2.24, 2.45) is 0 Å². The average Bonchev–Trinajstić information content (AvgIpc) is 2.00. The molecule has 0 radical (unpaired) electrons. The molecular weight excluding hydrogens is 156 g/mol. The van der Waals surface area contributed by atoms with Crippen molar-refractivity contribution in [1.82, 2.24) is 10.1 Å². The van der Waals surface area contributed by atoms with Gasteiger partial charge in [0.2, 0.25) is 0 Å². The van der Waals surface area contributed by atoms with Gasteiger partial charge in [0.25, 0.3) is 6.41 Å². The van der Waals surface area contributed by atoms with E-state index in [0.29, 0.717) is 0 Å². The quantitative estimate of drug-likeness (QED) is 0.234. The topological polar surface area (TPSA) is 104 Å². The first-order chi connectivity index (χ1) is 5.00. The first-order valence-electron chi connectivity index (χ1n) is 2.85. The Morgan fingerprint density at radius 3 is 2.18 bits per heavy atom. The van der Waals surface area contributed by atoms with Crippen molar-refractivity contribution in [2.45, 2.75) is 13.3 Å². The van der Waals surface area contributed by atoms with E-state index in [9.17, 15) is 4.79 Å². The van der Waals surface area contributed by atoms with E-state index >= 15 is 0 Å². The number of amides is 2. The van der Waals surface area contributed by atoms with Gasteiger partial charge in [0.05, 0.1) is 0 Å². The van der Waals surface area contributed by atoms with Crippen molar-refractivity contribution in [1.29, 1.82) is 0 Å². The highest BCUT2D eigenvalue weighted by molar-refractivity contribution is 5.71. The number of urea groups is 1. The molecule has 0 spiro atoms. The zero-order chi connectivity index (χ0) is 9.02. The summed E-state index contributed by atoms with van der Waals surface area (Å²) < 4.78 is 0. The molecule has 0 fully saturated rings. The minimum atomic E-state index is -2.33. The van der Waals surface area contributed by atoms with Crippen molar-refractivity contribution in [3.63, 3.8) is 0 Å². The normalized spacial score (nSPS) is 10.0. The van der Waals surface area contributed by atoms with Gasteiger partial charge in [0.1, 0.15) is 0 Å². The summed E-state index contributed by atoms with van der Waals surface area (Å²) in [5, 5.41) is 33.2. The number of aliphatic hydroxyl groups excluding tert-OH is 1. The molecule has 0 heterocycles. The molecule has 0 saturated heterocycles. The minimum absolute atomic E-state index is 0.0669. The highest BCUT2D eigenvalue weighted by Gasteiger charge is 2.21. The number of hydroxylamine groups is 4. The Morgan fingerprint density at radius 1 is 1.45 bits per heavy atom. The smallest absolute Gasteiger partial charge is 0.350 e. The van der Waals surface area contributed by atoms with E-state index in [-0.39, 0.29) is 11.6 Å². The van der Waals surface area contributed by atoms with Gasteiger partial charge in [-0.1, -0.05) is 0 Å². The molecule has 0 aliphatic rings. The molecule has 0 atom stereocenters. The number of rotatable bonds is 2. The largest absolute Gasteiger partial charge is 0.371 e. The van der Waals surface area contributed by atoms with Crippen molar-refractivity contribution < 1.29 is 25.4 Å². The molecule has 0 aromatic carbocycles. The predicted molar refractivity (Wildman–Crippen MR) is 31.4 cm³/mol. The van der Waals surface area contributed by atoms with Gasteiger partial charge in [-0.05, 0) is 6.92 Å². The number of carbonyl (C=O) groups excluding carboxylic acids is 1. The molecule has 0 rings (SSSR count). The van der Waals surface area contributed by atoms with Gasteiger partial charge in [-0.15, -0.1) is 5.06 Å². The third-order valence-electron chi connectivity index (χ3n) is 0.935. The van der Waals surface area contributed by atoms with E-state index in [1.54, 1.807) is 0 Å². The van der Waals surface area contributed by atoms with Gasteiger partial charge in [-0.2, -0.15) is 0 Å². The van der Waals surface area contributed by atoms with Crippen molar-refractivity contribution in [3.8, 4) is 0 Å². The summed E-state index contributed by atoms with van der Waals surface area (Å²) in [6.45, 7) is 1.37. The number of carbonyl (C=O) groups is 1. The maximum absolute atomic E-state index is 10.5.